The van der Waals surface area contributed by atoms with Gasteiger partial charge in [-0.15, -0.1) is 0 Å². The molecule has 4 saturated heterocycles. The van der Waals surface area contributed by atoms with E-state index < -0.39 is 17.9 Å². The molecule has 0 aliphatic carbocycles. The quantitative estimate of drug-likeness (QED) is 0.482. The second-order valence-electron chi connectivity index (χ2n) is 9.88. The van der Waals surface area contributed by atoms with E-state index in [4.69, 9.17) is 33.2 Å². The maximum atomic E-state index is 6.22. The van der Waals surface area contributed by atoms with Crippen LogP contribution in [0.25, 0.3) is 0 Å². The minimum atomic E-state index is -0.699. The lowest BCUT2D eigenvalue weighted by molar-refractivity contribution is -0.954. The van der Waals surface area contributed by atoms with Gasteiger partial charge < -0.3 is 37.6 Å². The predicted molar refractivity (Wildman–Crippen MR) is 104 cm³/mol. The average Bonchev–Trinajstić information content (AvgIpc) is 3.13. The van der Waals surface area contributed by atoms with Crippen LogP contribution in [0.15, 0.2) is 0 Å². The number of hydrogen-bond donors (Lipinski definition) is 0. The van der Waals surface area contributed by atoms with E-state index in [0.717, 1.165) is 37.3 Å². The van der Waals surface area contributed by atoms with E-state index in [1.807, 2.05) is 27.7 Å². The van der Waals surface area contributed by atoms with Gasteiger partial charge in [0, 0.05) is 0 Å². The largest absolute Gasteiger partial charge is 0.373 e. The smallest absolute Gasteiger partial charge is 0.190 e. The van der Waals surface area contributed by atoms with Crippen molar-refractivity contribution in [1.82, 2.24) is 0 Å². The molecular weight excluding hydrogens is 378 g/mol. The summed E-state index contributed by atoms with van der Waals surface area (Å²) >= 11 is 0. The third-order valence-corrected chi connectivity index (χ3v) is 6.67. The highest BCUT2D eigenvalue weighted by molar-refractivity contribution is 5.00. The highest BCUT2D eigenvalue weighted by Gasteiger charge is 2.60. The topological polar surface area (TPSA) is 64.6 Å². The van der Waals surface area contributed by atoms with Crippen molar-refractivity contribution >= 4 is 0 Å². The standard InChI is InChI=1S/C21H38NO7/c1-14(2)22(7-10-23-11-8-22)9-12-24-13-15-16-17(27-20(3,4)26-16)18-19(25-15)29-21(5,6)28-18/h14-19H,7-13H2,1-6H3/q+1. The van der Waals surface area contributed by atoms with Gasteiger partial charge in [-0.2, -0.15) is 0 Å². The molecule has 0 amide bonds. The van der Waals surface area contributed by atoms with Crippen LogP contribution in [0.4, 0.5) is 0 Å². The molecule has 4 fully saturated rings. The Kier molecular flexibility index (Phi) is 6.03. The van der Waals surface area contributed by atoms with Crippen LogP contribution >= 0.6 is 0 Å². The summed E-state index contributed by atoms with van der Waals surface area (Å²) < 4.78 is 43.3. The second-order valence-corrected chi connectivity index (χ2v) is 9.88. The molecule has 5 atom stereocenters. The van der Waals surface area contributed by atoms with Crippen molar-refractivity contribution in [3.8, 4) is 0 Å². The van der Waals surface area contributed by atoms with E-state index in [-0.39, 0.29) is 24.4 Å². The number of rotatable bonds is 6. The summed E-state index contributed by atoms with van der Waals surface area (Å²) in [5.74, 6) is -1.38. The van der Waals surface area contributed by atoms with Crippen molar-refractivity contribution in [3.05, 3.63) is 0 Å². The Labute approximate surface area is 174 Å². The molecule has 4 heterocycles. The molecule has 4 aliphatic rings. The molecule has 0 aromatic rings. The predicted octanol–water partition coefficient (Wildman–Crippen LogP) is 1.65. The molecule has 0 bridgehead atoms. The van der Waals surface area contributed by atoms with Crippen molar-refractivity contribution in [1.29, 1.82) is 0 Å². The molecule has 0 N–H and O–H groups in total. The molecular formula is C21H38NO7+. The fourth-order valence-corrected chi connectivity index (χ4v) is 4.98. The monoisotopic (exact) mass is 416 g/mol. The zero-order valence-electron chi connectivity index (χ0n) is 18.7. The van der Waals surface area contributed by atoms with Crippen molar-refractivity contribution in [2.75, 3.05) is 46.1 Å². The Morgan fingerprint density at radius 2 is 1.52 bits per heavy atom. The van der Waals surface area contributed by atoms with Crippen molar-refractivity contribution in [2.24, 2.45) is 0 Å². The Bertz CT molecular complexity index is 575. The third-order valence-electron chi connectivity index (χ3n) is 6.67. The van der Waals surface area contributed by atoms with Gasteiger partial charge in [0.15, 0.2) is 17.9 Å². The molecule has 4 aliphatic heterocycles. The number of ether oxygens (including phenoxy) is 7. The average molecular weight is 417 g/mol. The Morgan fingerprint density at radius 1 is 0.897 bits per heavy atom. The first kappa shape index (κ1) is 21.9. The van der Waals surface area contributed by atoms with Crippen LogP contribution in [-0.4, -0.2) is 98.9 Å². The minimum absolute atomic E-state index is 0.229. The zero-order chi connectivity index (χ0) is 20.9. The molecule has 4 rings (SSSR count). The normalized spacial score (nSPS) is 40.0. The molecule has 29 heavy (non-hydrogen) atoms. The molecule has 168 valence electrons. The highest BCUT2D eigenvalue weighted by atomic mass is 16.9. The van der Waals surface area contributed by atoms with Gasteiger partial charge in [-0.05, 0) is 41.5 Å². The van der Waals surface area contributed by atoms with Crippen molar-refractivity contribution < 1.29 is 37.6 Å². The lowest BCUT2D eigenvalue weighted by Gasteiger charge is -2.44. The van der Waals surface area contributed by atoms with Crippen LogP contribution in [0, 0.1) is 0 Å². The molecule has 0 radical (unpaired) electrons. The van der Waals surface area contributed by atoms with Gasteiger partial charge >= 0.3 is 0 Å². The number of quaternary nitrogens is 1. The fourth-order valence-electron chi connectivity index (χ4n) is 4.98. The number of fused-ring (bicyclic) bond motifs is 3. The summed E-state index contributed by atoms with van der Waals surface area (Å²) in [6.45, 7) is 18.0. The lowest BCUT2D eigenvalue weighted by atomic mass is 9.99. The van der Waals surface area contributed by atoms with Crippen molar-refractivity contribution in [2.45, 2.75) is 89.9 Å². The van der Waals surface area contributed by atoms with Gasteiger partial charge in [0.1, 0.15) is 44.1 Å². The van der Waals surface area contributed by atoms with Gasteiger partial charge in [0.25, 0.3) is 0 Å². The maximum absolute atomic E-state index is 6.22. The van der Waals surface area contributed by atoms with Gasteiger partial charge in [-0.1, -0.05) is 0 Å². The Balaban J connectivity index is 1.36. The summed E-state index contributed by atoms with van der Waals surface area (Å²) in [6, 6.07) is 0.553. The molecule has 0 saturated carbocycles. The molecule has 0 spiro atoms. The minimum Gasteiger partial charge on any atom is -0.373 e. The van der Waals surface area contributed by atoms with E-state index in [1.165, 1.54) is 0 Å². The Hall–Kier alpha value is -0.320. The molecule has 8 heteroatoms. The molecule has 8 nitrogen and oxygen atoms in total. The van der Waals surface area contributed by atoms with E-state index in [0.29, 0.717) is 19.3 Å². The number of hydrogen-bond acceptors (Lipinski definition) is 7. The van der Waals surface area contributed by atoms with E-state index in [1.54, 1.807) is 0 Å². The van der Waals surface area contributed by atoms with Crippen LogP contribution in [-0.2, 0) is 33.2 Å². The Morgan fingerprint density at radius 3 is 2.21 bits per heavy atom. The van der Waals surface area contributed by atoms with Gasteiger partial charge in [0.05, 0.1) is 32.5 Å². The number of nitrogens with zero attached hydrogens (tertiary/aromatic N) is 1. The van der Waals surface area contributed by atoms with Crippen molar-refractivity contribution in [3.63, 3.8) is 0 Å². The summed E-state index contributed by atoms with van der Waals surface area (Å²) in [6.07, 6.45) is -1.48. The lowest BCUT2D eigenvalue weighted by Crippen LogP contribution is -2.60. The zero-order valence-corrected chi connectivity index (χ0v) is 18.7. The van der Waals surface area contributed by atoms with E-state index >= 15 is 0 Å². The summed E-state index contributed by atoms with van der Waals surface area (Å²) in [5.41, 5.74) is 0. The van der Waals surface area contributed by atoms with Gasteiger partial charge in [0.2, 0.25) is 0 Å². The third kappa shape index (κ3) is 4.50. The summed E-state index contributed by atoms with van der Waals surface area (Å²) in [7, 11) is 0. The van der Waals surface area contributed by atoms with E-state index in [2.05, 4.69) is 13.8 Å². The van der Waals surface area contributed by atoms with Crippen LogP contribution < -0.4 is 0 Å². The first-order valence-corrected chi connectivity index (χ1v) is 11.0. The second kappa shape index (κ2) is 7.98. The van der Waals surface area contributed by atoms with Gasteiger partial charge in [-0.3, -0.25) is 0 Å². The fraction of sp³-hybridized carbons (Fsp3) is 1.00. The maximum Gasteiger partial charge on any atom is 0.190 e. The van der Waals surface area contributed by atoms with E-state index in [9.17, 15) is 0 Å². The molecule has 0 aromatic carbocycles. The highest BCUT2D eigenvalue weighted by Crippen LogP contribution is 2.44. The SMILES string of the molecule is CC(C)[N+]1(CCOCC2OC3OC(C)(C)OC3C3OC(C)(C)OC23)CCOCC1. The first-order chi connectivity index (χ1) is 13.6. The summed E-state index contributed by atoms with van der Waals surface area (Å²) in [4.78, 5) is 0. The van der Waals surface area contributed by atoms with Gasteiger partial charge in [-0.25, -0.2) is 0 Å². The molecule has 5 unspecified atom stereocenters. The summed E-state index contributed by atoms with van der Waals surface area (Å²) in [5, 5.41) is 0. The number of morpholine rings is 1. The van der Waals surface area contributed by atoms with Crippen LogP contribution in [0.3, 0.4) is 0 Å². The van der Waals surface area contributed by atoms with Crippen LogP contribution in [0.1, 0.15) is 41.5 Å². The molecule has 0 aromatic heterocycles. The first-order valence-electron chi connectivity index (χ1n) is 11.0. The van der Waals surface area contributed by atoms with Crippen LogP contribution in [0.5, 0.6) is 0 Å². The van der Waals surface area contributed by atoms with Crippen LogP contribution in [0.2, 0.25) is 0 Å².